The highest BCUT2D eigenvalue weighted by atomic mass is 32.2. The summed E-state index contributed by atoms with van der Waals surface area (Å²) < 4.78 is 7.96. The maximum Gasteiger partial charge on any atom is 0.227 e. The Kier molecular flexibility index (Phi) is 4.08. The summed E-state index contributed by atoms with van der Waals surface area (Å²) in [7, 11) is 1.68. The third-order valence-electron chi connectivity index (χ3n) is 5.60. The van der Waals surface area contributed by atoms with Crippen molar-refractivity contribution in [1.29, 1.82) is 0 Å². The van der Waals surface area contributed by atoms with Gasteiger partial charge in [0.15, 0.2) is 0 Å². The van der Waals surface area contributed by atoms with Crippen molar-refractivity contribution >= 4 is 23.4 Å². The van der Waals surface area contributed by atoms with Gasteiger partial charge in [-0.25, -0.2) is 15.0 Å². The minimum atomic E-state index is 0.397. The zero-order valence-electron chi connectivity index (χ0n) is 16.3. The highest BCUT2D eigenvalue weighted by Gasteiger charge is 2.44. The predicted octanol–water partition coefficient (Wildman–Crippen LogP) is 4.60. The monoisotopic (exact) mass is 393 g/mol. The number of hydrogen-bond acceptors (Lipinski definition) is 6. The molecule has 1 spiro atoms. The number of anilines is 2. The first-order chi connectivity index (χ1) is 13.5. The van der Waals surface area contributed by atoms with Crippen LogP contribution in [0.2, 0.25) is 0 Å². The fraction of sp³-hybridized carbons (Fsp3) is 0.381. The number of aryl methyl sites for hydroxylation is 2. The van der Waals surface area contributed by atoms with Crippen molar-refractivity contribution in [2.45, 2.75) is 49.2 Å². The molecule has 1 fully saturated rings. The maximum absolute atomic E-state index is 5.60. The van der Waals surface area contributed by atoms with Crippen LogP contribution in [-0.4, -0.2) is 31.4 Å². The van der Waals surface area contributed by atoms with Gasteiger partial charge in [-0.05, 0) is 38.8 Å². The van der Waals surface area contributed by atoms with E-state index in [1.807, 2.05) is 47.6 Å². The second-order valence-electron chi connectivity index (χ2n) is 7.66. The van der Waals surface area contributed by atoms with Crippen molar-refractivity contribution in [2.75, 3.05) is 12.4 Å². The number of methoxy groups -OCH3 is 1. The van der Waals surface area contributed by atoms with Gasteiger partial charge in [-0.3, -0.25) is 0 Å². The smallest absolute Gasteiger partial charge is 0.227 e. The van der Waals surface area contributed by atoms with Crippen LogP contribution >= 0.6 is 11.8 Å². The fourth-order valence-electron chi connectivity index (χ4n) is 3.99. The summed E-state index contributed by atoms with van der Waals surface area (Å²) in [6.07, 6.45) is 8.76. The highest BCUT2D eigenvalue weighted by molar-refractivity contribution is 8.01. The Balaban J connectivity index is 1.42. The van der Waals surface area contributed by atoms with E-state index in [2.05, 4.69) is 17.2 Å². The van der Waals surface area contributed by atoms with Crippen LogP contribution in [0.4, 0.5) is 11.6 Å². The van der Waals surface area contributed by atoms with Crippen LogP contribution in [-0.2, 0) is 6.42 Å². The van der Waals surface area contributed by atoms with E-state index in [9.17, 15) is 0 Å². The summed E-state index contributed by atoms with van der Waals surface area (Å²) in [5.41, 5.74) is 5.08. The minimum Gasteiger partial charge on any atom is -0.494 e. The van der Waals surface area contributed by atoms with Gasteiger partial charge in [-0.15, -0.1) is 11.8 Å². The van der Waals surface area contributed by atoms with Gasteiger partial charge < -0.3 is 14.6 Å². The summed E-state index contributed by atoms with van der Waals surface area (Å²) in [6, 6.07) is 6.00. The lowest BCUT2D eigenvalue weighted by atomic mass is 9.81. The number of hydrogen-bond donors (Lipinski definition) is 1. The molecule has 0 unspecified atom stereocenters. The largest absolute Gasteiger partial charge is 0.494 e. The lowest BCUT2D eigenvalue weighted by Gasteiger charge is -2.36. The van der Waals surface area contributed by atoms with Crippen LogP contribution in [0.15, 0.2) is 35.6 Å². The van der Waals surface area contributed by atoms with E-state index in [4.69, 9.17) is 14.7 Å². The number of rotatable bonds is 4. The fourth-order valence-corrected chi connectivity index (χ4v) is 5.55. The molecule has 1 saturated carbocycles. The molecule has 1 N–H and O–H groups in total. The highest BCUT2D eigenvalue weighted by Crippen LogP contribution is 2.56. The Morgan fingerprint density at radius 3 is 2.75 bits per heavy atom. The average Bonchev–Trinajstić information content (AvgIpc) is 3.25. The third kappa shape index (κ3) is 2.94. The van der Waals surface area contributed by atoms with Gasteiger partial charge in [-0.1, -0.05) is 6.42 Å². The molecule has 3 heterocycles. The molecule has 6 nitrogen and oxygen atoms in total. The minimum absolute atomic E-state index is 0.397. The second-order valence-corrected chi connectivity index (χ2v) is 9.14. The van der Waals surface area contributed by atoms with Crippen molar-refractivity contribution in [3.8, 4) is 11.4 Å². The maximum atomic E-state index is 5.60. The molecule has 1 aromatic carbocycles. The lowest BCUT2D eigenvalue weighted by Crippen LogP contribution is -2.32. The number of ether oxygens (including phenoxy) is 1. The molecule has 144 valence electrons. The van der Waals surface area contributed by atoms with Crippen molar-refractivity contribution in [3.63, 3.8) is 0 Å². The molecule has 2 aromatic heterocycles. The predicted molar refractivity (Wildman–Crippen MR) is 111 cm³/mol. The van der Waals surface area contributed by atoms with Crippen LogP contribution in [0.3, 0.4) is 0 Å². The van der Waals surface area contributed by atoms with E-state index in [1.165, 1.54) is 29.9 Å². The van der Waals surface area contributed by atoms with E-state index in [0.29, 0.717) is 10.7 Å². The summed E-state index contributed by atoms with van der Waals surface area (Å²) in [4.78, 5) is 15.1. The number of imidazole rings is 1. The molecule has 0 saturated heterocycles. The Bertz CT molecular complexity index is 1060. The zero-order valence-corrected chi connectivity index (χ0v) is 17.1. The number of thioether (sulfide) groups is 1. The molecule has 0 amide bonds. The van der Waals surface area contributed by atoms with E-state index in [0.717, 1.165) is 34.9 Å². The molecule has 2 aliphatic rings. The first-order valence-corrected chi connectivity index (χ1v) is 10.4. The average molecular weight is 394 g/mol. The summed E-state index contributed by atoms with van der Waals surface area (Å²) >= 11 is 1.99. The van der Waals surface area contributed by atoms with Crippen molar-refractivity contribution in [3.05, 3.63) is 47.8 Å². The SMILES string of the molecule is COc1cc(Nc2nc(C)c3c(n2)CC2(CCC2)S3)ccc1-n1cnc(C)c1. The number of fused-ring (bicyclic) bond motifs is 1. The molecule has 1 aliphatic heterocycles. The van der Waals surface area contributed by atoms with Gasteiger partial charge in [0, 0.05) is 29.1 Å². The molecule has 7 heteroatoms. The van der Waals surface area contributed by atoms with E-state index in [1.54, 1.807) is 13.4 Å². The summed E-state index contributed by atoms with van der Waals surface area (Å²) in [5, 5.41) is 3.36. The molecule has 3 aromatic rings. The molecular weight excluding hydrogens is 370 g/mol. The van der Waals surface area contributed by atoms with Crippen LogP contribution in [0.5, 0.6) is 5.75 Å². The molecule has 5 rings (SSSR count). The Hall–Kier alpha value is -2.54. The molecule has 28 heavy (non-hydrogen) atoms. The summed E-state index contributed by atoms with van der Waals surface area (Å²) in [5.74, 6) is 1.42. The van der Waals surface area contributed by atoms with E-state index in [-0.39, 0.29) is 0 Å². The number of aromatic nitrogens is 4. The topological polar surface area (TPSA) is 64.9 Å². The number of nitrogens with one attached hydrogen (secondary N) is 1. The molecule has 0 radical (unpaired) electrons. The van der Waals surface area contributed by atoms with Gasteiger partial charge in [0.05, 0.1) is 41.1 Å². The van der Waals surface area contributed by atoms with E-state index < -0.39 is 0 Å². The van der Waals surface area contributed by atoms with Gasteiger partial charge in [0.1, 0.15) is 5.75 Å². The molecule has 0 atom stereocenters. The lowest BCUT2D eigenvalue weighted by molar-refractivity contribution is 0.365. The van der Waals surface area contributed by atoms with Crippen LogP contribution in [0, 0.1) is 13.8 Å². The van der Waals surface area contributed by atoms with Gasteiger partial charge >= 0.3 is 0 Å². The Labute approximate surface area is 168 Å². The molecular formula is C21H23N5OS. The first-order valence-electron chi connectivity index (χ1n) is 9.58. The standard InChI is InChI=1S/C21H23N5OS/c1-13-11-26(12-22-13)17-6-5-15(9-18(17)27-3)24-20-23-14(2)19-16(25-20)10-21(28-19)7-4-8-21/h5-6,9,11-12H,4,7-8,10H2,1-3H3,(H,23,24,25). The second kappa shape index (κ2) is 6.51. The van der Waals surface area contributed by atoms with Gasteiger partial charge in [-0.2, -0.15) is 0 Å². The zero-order chi connectivity index (χ0) is 19.3. The molecule has 1 aliphatic carbocycles. The summed E-state index contributed by atoms with van der Waals surface area (Å²) in [6.45, 7) is 4.06. The van der Waals surface area contributed by atoms with E-state index >= 15 is 0 Å². The van der Waals surface area contributed by atoms with Gasteiger partial charge in [0.2, 0.25) is 5.95 Å². The quantitative estimate of drug-likeness (QED) is 0.699. The number of benzene rings is 1. The van der Waals surface area contributed by atoms with Crippen LogP contribution < -0.4 is 10.1 Å². The normalized spacial score (nSPS) is 16.7. The molecule has 0 bridgehead atoms. The first kappa shape index (κ1) is 17.6. The van der Waals surface area contributed by atoms with Crippen molar-refractivity contribution in [2.24, 2.45) is 0 Å². The Morgan fingerprint density at radius 2 is 2.07 bits per heavy atom. The third-order valence-corrected chi connectivity index (χ3v) is 7.32. The number of nitrogens with zero attached hydrogens (tertiary/aromatic N) is 4. The van der Waals surface area contributed by atoms with Crippen LogP contribution in [0.25, 0.3) is 5.69 Å². The van der Waals surface area contributed by atoms with Crippen molar-refractivity contribution in [1.82, 2.24) is 19.5 Å². The van der Waals surface area contributed by atoms with Gasteiger partial charge in [0.25, 0.3) is 0 Å². The Morgan fingerprint density at radius 1 is 1.21 bits per heavy atom. The van der Waals surface area contributed by atoms with Crippen molar-refractivity contribution < 1.29 is 4.74 Å². The van der Waals surface area contributed by atoms with Crippen LogP contribution in [0.1, 0.15) is 36.3 Å².